The Balaban J connectivity index is 3.23. The molecule has 0 aliphatic heterocycles. The number of alkyl halides is 3. The lowest BCUT2D eigenvalue weighted by molar-refractivity contribution is 0.150. The Kier molecular flexibility index (Phi) is 4.06. The van der Waals surface area contributed by atoms with Gasteiger partial charge in [0, 0.05) is 10.7 Å². The van der Waals surface area contributed by atoms with Crippen LogP contribution in [-0.4, -0.2) is 4.98 Å². The van der Waals surface area contributed by atoms with Crippen molar-refractivity contribution < 1.29 is 8.78 Å². The van der Waals surface area contributed by atoms with Crippen LogP contribution in [0.2, 0.25) is 0 Å². The second-order valence-electron chi connectivity index (χ2n) is 2.22. The first-order chi connectivity index (χ1) is 6.07. The number of hydrogen-bond donors (Lipinski definition) is 0. The minimum Gasteiger partial charge on any atom is -0.258 e. The highest BCUT2D eigenvalue weighted by atomic mass is 79.9. The third-order valence-electron chi connectivity index (χ3n) is 1.42. The van der Waals surface area contributed by atoms with Crippen molar-refractivity contribution in [1.29, 1.82) is 0 Å². The Hall–Kier alpha value is 0.260. The molecule has 0 amide bonds. The molecule has 0 atom stereocenters. The summed E-state index contributed by atoms with van der Waals surface area (Å²) < 4.78 is 25.4. The van der Waals surface area contributed by atoms with E-state index in [1.165, 1.54) is 0 Å². The molecule has 0 saturated carbocycles. The molecule has 1 nitrogen and oxygen atoms in total. The maximum atomic E-state index is 12.3. The van der Waals surface area contributed by atoms with Gasteiger partial charge in [0.25, 0.3) is 6.43 Å². The number of aromatic nitrogens is 1. The average Bonchev–Trinajstić information content (AvgIpc) is 2.09. The second kappa shape index (κ2) is 4.66. The van der Waals surface area contributed by atoms with E-state index >= 15 is 0 Å². The van der Waals surface area contributed by atoms with Crippen molar-refractivity contribution in [1.82, 2.24) is 4.98 Å². The van der Waals surface area contributed by atoms with Crippen molar-refractivity contribution >= 4 is 43.5 Å². The van der Waals surface area contributed by atoms with Crippen LogP contribution in [0.25, 0.3) is 0 Å². The van der Waals surface area contributed by atoms with Crippen molar-refractivity contribution in [2.24, 2.45) is 0 Å². The first-order valence-corrected chi connectivity index (χ1v) is 5.36. The number of halogens is 5. The maximum Gasteiger partial charge on any atom is 0.266 e. The Morgan fingerprint density at radius 2 is 2.00 bits per heavy atom. The fourth-order valence-corrected chi connectivity index (χ4v) is 2.10. The highest BCUT2D eigenvalue weighted by Gasteiger charge is 2.16. The van der Waals surface area contributed by atoms with Crippen molar-refractivity contribution in [3.8, 4) is 0 Å². The zero-order valence-electron chi connectivity index (χ0n) is 6.20. The van der Waals surface area contributed by atoms with Crippen LogP contribution in [0.4, 0.5) is 8.78 Å². The number of hydrogen-bond acceptors (Lipinski definition) is 1. The summed E-state index contributed by atoms with van der Waals surface area (Å²) in [5.74, 6) is 0.183. The average molecular weight is 335 g/mol. The molecule has 0 aromatic carbocycles. The molecule has 0 bridgehead atoms. The van der Waals surface area contributed by atoms with Crippen LogP contribution in [0.3, 0.4) is 0 Å². The summed E-state index contributed by atoms with van der Waals surface area (Å²) in [6.07, 6.45) is -1.42. The summed E-state index contributed by atoms with van der Waals surface area (Å²) in [6.45, 7) is 0. The van der Waals surface area contributed by atoms with Gasteiger partial charge in [-0.25, -0.2) is 8.78 Å². The number of nitrogens with zero attached hydrogens (tertiary/aromatic N) is 1. The standard InChI is InChI=1S/C7H4Br2ClF2N/c8-5-3(7(11)12)2-13-4(1-10)6(5)9/h2,7H,1H2. The second-order valence-corrected chi connectivity index (χ2v) is 4.08. The summed E-state index contributed by atoms with van der Waals surface area (Å²) in [6, 6.07) is 0. The number of rotatable bonds is 2. The maximum absolute atomic E-state index is 12.3. The van der Waals surface area contributed by atoms with E-state index in [2.05, 4.69) is 36.8 Å². The zero-order chi connectivity index (χ0) is 10.0. The molecule has 1 heterocycles. The molecule has 0 radical (unpaired) electrons. The van der Waals surface area contributed by atoms with Crippen LogP contribution in [0.15, 0.2) is 15.1 Å². The highest BCUT2D eigenvalue weighted by molar-refractivity contribution is 9.13. The van der Waals surface area contributed by atoms with Crippen molar-refractivity contribution in [3.05, 3.63) is 26.4 Å². The molecular formula is C7H4Br2ClF2N. The van der Waals surface area contributed by atoms with Gasteiger partial charge < -0.3 is 0 Å². The van der Waals surface area contributed by atoms with E-state index in [1.807, 2.05) is 0 Å². The fraction of sp³-hybridized carbons (Fsp3) is 0.286. The van der Waals surface area contributed by atoms with E-state index < -0.39 is 6.43 Å². The van der Waals surface area contributed by atoms with Gasteiger partial charge in [0.2, 0.25) is 0 Å². The van der Waals surface area contributed by atoms with E-state index in [4.69, 9.17) is 11.6 Å². The minimum atomic E-state index is -2.54. The molecule has 1 aromatic heterocycles. The van der Waals surface area contributed by atoms with Crippen LogP contribution in [-0.2, 0) is 5.88 Å². The Morgan fingerprint density at radius 1 is 1.38 bits per heavy atom. The van der Waals surface area contributed by atoms with Crippen LogP contribution < -0.4 is 0 Å². The van der Waals surface area contributed by atoms with Gasteiger partial charge >= 0.3 is 0 Å². The third kappa shape index (κ3) is 2.39. The van der Waals surface area contributed by atoms with Gasteiger partial charge in [-0.2, -0.15) is 0 Å². The van der Waals surface area contributed by atoms with Gasteiger partial charge in [0.05, 0.1) is 21.6 Å². The molecule has 1 rings (SSSR count). The zero-order valence-corrected chi connectivity index (χ0v) is 10.1. The molecule has 0 aliphatic carbocycles. The molecule has 13 heavy (non-hydrogen) atoms. The summed E-state index contributed by atoms with van der Waals surface area (Å²) in [4.78, 5) is 3.79. The van der Waals surface area contributed by atoms with Crippen LogP contribution >= 0.6 is 43.5 Å². The topological polar surface area (TPSA) is 12.9 Å². The Morgan fingerprint density at radius 3 is 2.46 bits per heavy atom. The Bertz CT molecular complexity index is 320. The van der Waals surface area contributed by atoms with Crippen LogP contribution in [0, 0.1) is 0 Å². The molecule has 0 aliphatic rings. The molecule has 6 heteroatoms. The minimum absolute atomic E-state index is 0.138. The summed E-state index contributed by atoms with van der Waals surface area (Å²) in [5.41, 5.74) is 0.402. The fourth-order valence-electron chi connectivity index (χ4n) is 0.760. The van der Waals surface area contributed by atoms with Crippen LogP contribution in [0.5, 0.6) is 0 Å². The molecular weight excluding hydrogens is 331 g/mol. The molecule has 0 spiro atoms. The van der Waals surface area contributed by atoms with Gasteiger partial charge in [-0.3, -0.25) is 4.98 Å². The lowest BCUT2D eigenvalue weighted by Gasteiger charge is -2.07. The highest BCUT2D eigenvalue weighted by Crippen LogP contribution is 2.34. The van der Waals surface area contributed by atoms with Gasteiger partial charge in [-0.1, -0.05) is 0 Å². The quantitative estimate of drug-likeness (QED) is 0.735. The predicted molar refractivity (Wildman–Crippen MR) is 54.2 cm³/mol. The van der Waals surface area contributed by atoms with Crippen LogP contribution in [0.1, 0.15) is 17.7 Å². The number of pyridine rings is 1. The molecule has 0 saturated heterocycles. The first kappa shape index (κ1) is 11.3. The summed E-state index contributed by atoms with van der Waals surface area (Å²) in [7, 11) is 0. The van der Waals surface area contributed by atoms with E-state index in [0.717, 1.165) is 6.20 Å². The third-order valence-corrected chi connectivity index (χ3v) is 3.91. The monoisotopic (exact) mass is 333 g/mol. The normalized spacial score (nSPS) is 10.9. The molecule has 0 fully saturated rings. The molecule has 0 unspecified atom stereocenters. The largest absolute Gasteiger partial charge is 0.266 e. The molecule has 0 N–H and O–H groups in total. The van der Waals surface area contributed by atoms with Crippen molar-refractivity contribution in [2.45, 2.75) is 12.3 Å². The summed E-state index contributed by atoms with van der Waals surface area (Å²) >= 11 is 11.7. The lowest BCUT2D eigenvalue weighted by atomic mass is 10.2. The van der Waals surface area contributed by atoms with Gasteiger partial charge in [0.15, 0.2) is 0 Å². The van der Waals surface area contributed by atoms with Gasteiger partial charge in [0.1, 0.15) is 0 Å². The summed E-state index contributed by atoms with van der Waals surface area (Å²) in [5, 5.41) is 0. The molecule has 72 valence electrons. The predicted octanol–water partition coefficient (Wildman–Crippen LogP) is 4.28. The van der Waals surface area contributed by atoms with Crippen molar-refractivity contribution in [2.75, 3.05) is 0 Å². The van der Waals surface area contributed by atoms with E-state index in [0.29, 0.717) is 14.6 Å². The van der Waals surface area contributed by atoms with E-state index in [-0.39, 0.29) is 11.4 Å². The lowest BCUT2D eigenvalue weighted by Crippen LogP contribution is -1.94. The van der Waals surface area contributed by atoms with E-state index in [1.54, 1.807) is 0 Å². The van der Waals surface area contributed by atoms with Gasteiger partial charge in [-0.15, -0.1) is 11.6 Å². The smallest absolute Gasteiger partial charge is 0.258 e. The SMILES string of the molecule is FC(F)c1cnc(CCl)c(Br)c1Br. The Labute approximate surface area is 95.8 Å². The van der Waals surface area contributed by atoms with Gasteiger partial charge in [-0.05, 0) is 31.9 Å². The molecule has 1 aromatic rings. The van der Waals surface area contributed by atoms with Crippen molar-refractivity contribution in [3.63, 3.8) is 0 Å². The van der Waals surface area contributed by atoms with E-state index in [9.17, 15) is 8.78 Å². The first-order valence-electron chi connectivity index (χ1n) is 3.24.